The van der Waals surface area contributed by atoms with E-state index in [0.717, 1.165) is 11.3 Å². The van der Waals surface area contributed by atoms with Crippen molar-refractivity contribution in [2.24, 2.45) is 0 Å². The van der Waals surface area contributed by atoms with Crippen molar-refractivity contribution in [2.75, 3.05) is 13.7 Å². The number of nitrogens with zero attached hydrogens (tertiary/aromatic N) is 3. The van der Waals surface area contributed by atoms with Gasteiger partial charge in [0, 0.05) is 34.7 Å². The lowest BCUT2D eigenvalue weighted by atomic mass is 10.0. The fourth-order valence-corrected chi connectivity index (χ4v) is 3.80. The molecule has 1 N–H and O–H groups in total. The molecule has 29 heavy (non-hydrogen) atoms. The lowest BCUT2D eigenvalue weighted by molar-refractivity contribution is 0.0593. The third kappa shape index (κ3) is 4.65. The normalized spacial score (nSPS) is 11.7. The SMILES string of the molecule is COC(=O)c1ccnc(-c2ccc(C)c(C(=O)NC[C@@H](C)c3scnc3C)c2)n1. The smallest absolute Gasteiger partial charge is 0.356 e. The van der Waals surface area contributed by atoms with E-state index in [4.69, 9.17) is 4.74 Å². The first-order valence-electron chi connectivity index (χ1n) is 9.11. The van der Waals surface area contributed by atoms with Crippen molar-refractivity contribution in [3.05, 3.63) is 63.4 Å². The van der Waals surface area contributed by atoms with Crippen LogP contribution in [-0.4, -0.2) is 40.5 Å². The van der Waals surface area contributed by atoms with Crippen LogP contribution in [0.1, 0.15) is 49.8 Å². The zero-order chi connectivity index (χ0) is 21.0. The molecule has 150 valence electrons. The maximum Gasteiger partial charge on any atom is 0.356 e. The predicted octanol–water partition coefficient (Wildman–Crippen LogP) is 3.54. The summed E-state index contributed by atoms with van der Waals surface area (Å²) in [5.74, 6) is -0.167. The Balaban J connectivity index is 1.79. The molecule has 1 amide bonds. The Kier molecular flexibility index (Phi) is 6.33. The number of hydrogen-bond donors (Lipinski definition) is 1. The van der Waals surface area contributed by atoms with Crippen molar-refractivity contribution in [3.8, 4) is 11.4 Å². The number of nitrogens with one attached hydrogen (secondary N) is 1. The van der Waals surface area contributed by atoms with E-state index in [0.29, 0.717) is 23.5 Å². The van der Waals surface area contributed by atoms with Crippen molar-refractivity contribution >= 4 is 23.2 Å². The molecule has 0 fully saturated rings. The minimum absolute atomic E-state index is 0.164. The van der Waals surface area contributed by atoms with Gasteiger partial charge < -0.3 is 10.1 Å². The first-order valence-corrected chi connectivity index (χ1v) is 9.99. The van der Waals surface area contributed by atoms with Crippen LogP contribution in [0.5, 0.6) is 0 Å². The number of rotatable bonds is 6. The Morgan fingerprint density at radius 1 is 1.21 bits per heavy atom. The highest BCUT2D eigenvalue weighted by Crippen LogP contribution is 2.23. The average molecular weight is 410 g/mol. The van der Waals surface area contributed by atoms with Crippen LogP contribution in [0.25, 0.3) is 11.4 Å². The number of carbonyl (C=O) groups excluding carboxylic acids is 2. The van der Waals surface area contributed by atoms with Crippen molar-refractivity contribution in [1.29, 1.82) is 0 Å². The van der Waals surface area contributed by atoms with Crippen LogP contribution in [-0.2, 0) is 4.74 Å². The van der Waals surface area contributed by atoms with Crippen molar-refractivity contribution in [3.63, 3.8) is 0 Å². The maximum atomic E-state index is 12.8. The van der Waals surface area contributed by atoms with E-state index in [1.807, 2.05) is 31.5 Å². The second-order valence-corrected chi connectivity index (χ2v) is 7.59. The highest BCUT2D eigenvalue weighted by molar-refractivity contribution is 7.09. The fourth-order valence-electron chi connectivity index (χ4n) is 2.94. The number of amides is 1. The Bertz CT molecular complexity index is 1050. The Labute approximate surface area is 173 Å². The Hall–Kier alpha value is -3.13. The van der Waals surface area contributed by atoms with Crippen molar-refractivity contribution < 1.29 is 14.3 Å². The first kappa shape index (κ1) is 20.6. The fraction of sp³-hybridized carbons (Fsp3) is 0.286. The van der Waals surface area contributed by atoms with Crippen LogP contribution in [0.15, 0.2) is 36.0 Å². The Morgan fingerprint density at radius 3 is 2.69 bits per heavy atom. The van der Waals surface area contributed by atoms with E-state index in [2.05, 4.69) is 27.2 Å². The number of benzene rings is 1. The molecule has 0 aliphatic carbocycles. The Morgan fingerprint density at radius 2 is 2.00 bits per heavy atom. The summed E-state index contributed by atoms with van der Waals surface area (Å²) in [5, 5.41) is 3.00. The minimum atomic E-state index is -0.536. The zero-order valence-corrected chi connectivity index (χ0v) is 17.5. The minimum Gasteiger partial charge on any atom is -0.464 e. The van der Waals surface area contributed by atoms with Gasteiger partial charge in [-0.25, -0.2) is 19.7 Å². The number of aromatic nitrogens is 3. The molecule has 1 aromatic carbocycles. The summed E-state index contributed by atoms with van der Waals surface area (Å²) in [6.07, 6.45) is 1.49. The van der Waals surface area contributed by atoms with Gasteiger partial charge in [0.25, 0.3) is 5.91 Å². The molecule has 8 heteroatoms. The molecule has 2 heterocycles. The molecule has 0 aliphatic rings. The number of ether oxygens (including phenoxy) is 1. The summed E-state index contributed by atoms with van der Waals surface area (Å²) < 4.78 is 4.70. The average Bonchev–Trinajstić information content (AvgIpc) is 3.17. The lowest BCUT2D eigenvalue weighted by Gasteiger charge is -2.13. The summed E-state index contributed by atoms with van der Waals surface area (Å²) >= 11 is 1.60. The van der Waals surface area contributed by atoms with E-state index in [9.17, 15) is 9.59 Å². The molecular weight excluding hydrogens is 388 g/mol. The number of methoxy groups -OCH3 is 1. The molecule has 0 unspecified atom stereocenters. The van der Waals surface area contributed by atoms with Gasteiger partial charge in [-0.3, -0.25) is 4.79 Å². The van der Waals surface area contributed by atoms with Gasteiger partial charge in [-0.2, -0.15) is 0 Å². The summed E-state index contributed by atoms with van der Waals surface area (Å²) in [7, 11) is 1.30. The number of aryl methyl sites for hydroxylation is 2. The number of thiazole rings is 1. The molecular formula is C21H22N4O3S. The van der Waals surface area contributed by atoms with Crippen LogP contribution in [0, 0.1) is 13.8 Å². The number of carbonyl (C=O) groups is 2. The molecule has 0 bridgehead atoms. The van der Waals surface area contributed by atoms with Gasteiger partial charge in [0.2, 0.25) is 0 Å². The second-order valence-electron chi connectivity index (χ2n) is 6.70. The van der Waals surface area contributed by atoms with E-state index in [1.165, 1.54) is 24.3 Å². The predicted molar refractivity (Wildman–Crippen MR) is 111 cm³/mol. The van der Waals surface area contributed by atoms with Gasteiger partial charge in [-0.15, -0.1) is 11.3 Å². The molecule has 0 saturated heterocycles. The van der Waals surface area contributed by atoms with Crippen LogP contribution < -0.4 is 5.32 Å². The third-order valence-corrected chi connectivity index (χ3v) is 5.75. The van der Waals surface area contributed by atoms with Crippen molar-refractivity contribution in [1.82, 2.24) is 20.3 Å². The molecule has 0 spiro atoms. The van der Waals surface area contributed by atoms with Gasteiger partial charge in [-0.05, 0) is 31.5 Å². The van der Waals surface area contributed by atoms with Crippen LogP contribution in [0.3, 0.4) is 0 Å². The van der Waals surface area contributed by atoms with Gasteiger partial charge in [0.1, 0.15) is 0 Å². The maximum absolute atomic E-state index is 12.8. The van der Waals surface area contributed by atoms with Crippen LogP contribution in [0.2, 0.25) is 0 Å². The number of hydrogen-bond acceptors (Lipinski definition) is 7. The van der Waals surface area contributed by atoms with E-state index >= 15 is 0 Å². The van der Waals surface area contributed by atoms with E-state index in [1.54, 1.807) is 17.4 Å². The zero-order valence-electron chi connectivity index (χ0n) is 16.7. The molecule has 3 aromatic rings. The van der Waals surface area contributed by atoms with Gasteiger partial charge >= 0.3 is 5.97 Å². The van der Waals surface area contributed by atoms with Crippen molar-refractivity contribution in [2.45, 2.75) is 26.7 Å². The quantitative estimate of drug-likeness (QED) is 0.625. The topological polar surface area (TPSA) is 94.1 Å². The third-order valence-electron chi connectivity index (χ3n) is 4.59. The summed E-state index contributed by atoms with van der Waals surface area (Å²) in [6, 6.07) is 6.89. The van der Waals surface area contributed by atoms with E-state index < -0.39 is 5.97 Å². The van der Waals surface area contributed by atoms with E-state index in [-0.39, 0.29) is 17.5 Å². The molecule has 0 aliphatic heterocycles. The summed E-state index contributed by atoms with van der Waals surface area (Å²) in [4.78, 5) is 38.4. The van der Waals surface area contributed by atoms with Crippen LogP contribution in [0.4, 0.5) is 0 Å². The highest BCUT2D eigenvalue weighted by atomic mass is 32.1. The molecule has 7 nitrogen and oxygen atoms in total. The van der Waals surface area contributed by atoms with Gasteiger partial charge in [0.15, 0.2) is 11.5 Å². The standard InChI is InChI=1S/C21H22N4O3S/c1-12-5-6-15(19-22-8-7-17(25-19)21(27)28-4)9-16(12)20(26)23-10-13(2)18-14(3)24-11-29-18/h5-9,11,13H,10H2,1-4H3,(H,23,26)/t13-/m1/s1. The summed E-state index contributed by atoms with van der Waals surface area (Å²) in [6.45, 7) is 6.43. The van der Waals surface area contributed by atoms with Gasteiger partial charge in [0.05, 0.1) is 18.3 Å². The molecule has 1 atom stereocenters. The molecule has 2 aromatic heterocycles. The highest BCUT2D eigenvalue weighted by Gasteiger charge is 2.16. The lowest BCUT2D eigenvalue weighted by Crippen LogP contribution is -2.28. The second kappa shape index (κ2) is 8.91. The molecule has 0 radical (unpaired) electrons. The van der Waals surface area contributed by atoms with Crippen LogP contribution >= 0.6 is 11.3 Å². The summed E-state index contributed by atoms with van der Waals surface area (Å²) in [5.41, 5.74) is 5.02. The first-order chi connectivity index (χ1) is 13.9. The van der Waals surface area contributed by atoms with Gasteiger partial charge in [-0.1, -0.05) is 19.1 Å². The monoisotopic (exact) mass is 410 g/mol. The number of esters is 1. The molecule has 0 saturated carbocycles. The molecule has 3 rings (SSSR count). The largest absolute Gasteiger partial charge is 0.464 e.